The molecule has 1 aromatic carbocycles. The molecule has 1 aromatic rings. The minimum Gasteiger partial charge on any atom is -0.486 e. The number of nitrogens with one attached hydrogen (secondary N) is 1. The van der Waals surface area contributed by atoms with Gasteiger partial charge < -0.3 is 24.4 Å². The summed E-state index contributed by atoms with van der Waals surface area (Å²) in [4.78, 5) is 7.37. The van der Waals surface area contributed by atoms with Crippen LogP contribution < -0.4 is 14.8 Å². The van der Waals surface area contributed by atoms with Crippen molar-refractivity contribution < 1.29 is 14.2 Å². The fraction of sp³-hybridized carbons (Fsp3) is 0.667. The molecule has 6 nitrogen and oxygen atoms in total. The van der Waals surface area contributed by atoms with Gasteiger partial charge in [-0.3, -0.25) is 4.99 Å². The second-order valence-electron chi connectivity index (χ2n) is 7.99. The molecule has 4 atom stereocenters. The first-order chi connectivity index (χ1) is 13.3. The molecule has 4 heterocycles. The van der Waals surface area contributed by atoms with Gasteiger partial charge in [-0.1, -0.05) is 6.07 Å². The second kappa shape index (κ2) is 7.23. The van der Waals surface area contributed by atoms with Gasteiger partial charge in [-0.05, 0) is 43.9 Å². The Labute approximate surface area is 160 Å². The van der Waals surface area contributed by atoms with Crippen LogP contribution in [0.3, 0.4) is 0 Å². The highest BCUT2D eigenvalue weighted by molar-refractivity contribution is 5.80. The fourth-order valence-corrected chi connectivity index (χ4v) is 5.09. The normalized spacial score (nSPS) is 31.3. The lowest BCUT2D eigenvalue weighted by Gasteiger charge is -2.23. The van der Waals surface area contributed by atoms with E-state index in [2.05, 4.69) is 29.3 Å². The highest BCUT2D eigenvalue weighted by Gasteiger charge is 2.53. The van der Waals surface area contributed by atoms with E-state index in [9.17, 15) is 0 Å². The van der Waals surface area contributed by atoms with E-state index in [4.69, 9.17) is 19.2 Å². The third-order valence-electron chi connectivity index (χ3n) is 6.36. The maximum absolute atomic E-state index is 6.10. The smallest absolute Gasteiger partial charge is 0.193 e. The lowest BCUT2D eigenvalue weighted by Crippen LogP contribution is -2.41. The molecule has 4 unspecified atom stereocenters. The molecule has 6 heteroatoms. The molecule has 146 valence electrons. The predicted molar refractivity (Wildman–Crippen MR) is 104 cm³/mol. The first-order valence-corrected chi connectivity index (χ1v) is 10.4. The predicted octanol–water partition coefficient (Wildman–Crippen LogP) is 2.07. The van der Waals surface area contributed by atoms with Gasteiger partial charge in [-0.2, -0.15) is 0 Å². The van der Waals surface area contributed by atoms with Gasteiger partial charge in [0.15, 0.2) is 17.5 Å². The van der Waals surface area contributed by atoms with E-state index in [-0.39, 0.29) is 0 Å². The number of hydrogen-bond acceptors (Lipinski definition) is 4. The summed E-state index contributed by atoms with van der Waals surface area (Å²) in [6, 6.07) is 6.22. The molecule has 0 spiro atoms. The van der Waals surface area contributed by atoms with E-state index in [1.807, 2.05) is 6.07 Å². The second-order valence-corrected chi connectivity index (χ2v) is 7.99. The fourth-order valence-electron chi connectivity index (χ4n) is 5.09. The Morgan fingerprint density at radius 1 is 1.11 bits per heavy atom. The van der Waals surface area contributed by atoms with Crippen LogP contribution in [0.1, 0.15) is 25.3 Å². The Balaban J connectivity index is 1.22. The number of rotatable bonds is 4. The molecule has 0 saturated carbocycles. The van der Waals surface area contributed by atoms with Crippen LogP contribution in [0, 0.1) is 11.8 Å². The third-order valence-corrected chi connectivity index (χ3v) is 6.36. The number of benzene rings is 1. The van der Waals surface area contributed by atoms with Crippen molar-refractivity contribution in [3.8, 4) is 11.5 Å². The van der Waals surface area contributed by atoms with Gasteiger partial charge in [0.1, 0.15) is 13.2 Å². The summed E-state index contributed by atoms with van der Waals surface area (Å²) in [7, 11) is 0. The molecular weight excluding hydrogens is 342 g/mol. The Morgan fingerprint density at radius 2 is 1.85 bits per heavy atom. The zero-order valence-corrected chi connectivity index (χ0v) is 16.0. The maximum atomic E-state index is 6.10. The Kier molecular flexibility index (Phi) is 4.60. The Hall–Kier alpha value is -1.95. The monoisotopic (exact) mass is 371 g/mol. The van der Waals surface area contributed by atoms with Gasteiger partial charge >= 0.3 is 0 Å². The summed E-state index contributed by atoms with van der Waals surface area (Å²) >= 11 is 0. The average molecular weight is 371 g/mol. The summed E-state index contributed by atoms with van der Waals surface area (Å²) in [6.45, 7) is 7.24. The highest BCUT2D eigenvalue weighted by Crippen LogP contribution is 2.47. The molecule has 27 heavy (non-hydrogen) atoms. The molecule has 2 bridgehead atoms. The van der Waals surface area contributed by atoms with Gasteiger partial charge in [0.05, 0.1) is 12.2 Å². The summed E-state index contributed by atoms with van der Waals surface area (Å²) in [5.41, 5.74) is 1.24. The van der Waals surface area contributed by atoms with E-state index in [1.54, 1.807) is 0 Å². The van der Waals surface area contributed by atoms with E-state index >= 15 is 0 Å². The minimum atomic E-state index is 0.491. The van der Waals surface area contributed by atoms with Crippen LogP contribution in [0.25, 0.3) is 0 Å². The molecule has 5 rings (SSSR count). The Morgan fingerprint density at radius 3 is 2.59 bits per heavy atom. The van der Waals surface area contributed by atoms with Gasteiger partial charge in [-0.15, -0.1) is 0 Å². The SMILES string of the molecule is CCNC(=NCCc1ccc2c(c1)OCCO2)N1CC2C3CCC(O3)C2C1. The number of aliphatic imine (C=N–C) groups is 1. The van der Waals surface area contributed by atoms with Crippen LogP contribution in [0.5, 0.6) is 11.5 Å². The maximum Gasteiger partial charge on any atom is 0.193 e. The van der Waals surface area contributed by atoms with Crippen molar-refractivity contribution in [2.75, 3.05) is 39.4 Å². The van der Waals surface area contributed by atoms with Gasteiger partial charge in [-0.25, -0.2) is 0 Å². The van der Waals surface area contributed by atoms with E-state index in [1.165, 1.54) is 18.4 Å². The number of fused-ring (bicyclic) bond motifs is 6. The van der Waals surface area contributed by atoms with Crippen molar-refractivity contribution in [3.05, 3.63) is 23.8 Å². The summed E-state index contributed by atoms with van der Waals surface area (Å²) in [6.07, 6.45) is 4.38. The summed E-state index contributed by atoms with van der Waals surface area (Å²) in [5.74, 6) is 4.17. The zero-order chi connectivity index (χ0) is 18.2. The van der Waals surface area contributed by atoms with E-state index in [0.29, 0.717) is 37.3 Å². The number of hydrogen-bond donors (Lipinski definition) is 1. The van der Waals surface area contributed by atoms with Crippen LogP contribution in [0.2, 0.25) is 0 Å². The summed E-state index contributed by atoms with van der Waals surface area (Å²) < 4.78 is 17.4. The molecule has 0 radical (unpaired) electrons. The van der Waals surface area contributed by atoms with Crippen LogP contribution >= 0.6 is 0 Å². The molecule has 3 saturated heterocycles. The Bertz CT molecular complexity index is 705. The van der Waals surface area contributed by atoms with Crippen molar-refractivity contribution >= 4 is 5.96 Å². The molecule has 3 fully saturated rings. The number of ether oxygens (including phenoxy) is 3. The number of likely N-dealkylation sites (tertiary alicyclic amines) is 1. The third kappa shape index (κ3) is 3.24. The van der Waals surface area contributed by atoms with Crippen LogP contribution in [0.15, 0.2) is 23.2 Å². The van der Waals surface area contributed by atoms with Gasteiger partial charge in [0, 0.05) is 38.0 Å². The first kappa shape index (κ1) is 17.2. The quantitative estimate of drug-likeness (QED) is 0.649. The summed E-state index contributed by atoms with van der Waals surface area (Å²) in [5, 5.41) is 3.49. The average Bonchev–Trinajstić information content (AvgIpc) is 3.40. The minimum absolute atomic E-state index is 0.491. The zero-order valence-electron chi connectivity index (χ0n) is 16.0. The first-order valence-electron chi connectivity index (χ1n) is 10.4. The van der Waals surface area contributed by atoms with Crippen LogP contribution in [-0.4, -0.2) is 62.5 Å². The van der Waals surface area contributed by atoms with Crippen molar-refractivity contribution in [1.82, 2.24) is 10.2 Å². The molecular formula is C21H29N3O3. The van der Waals surface area contributed by atoms with Crippen molar-refractivity contribution in [1.29, 1.82) is 0 Å². The number of nitrogens with zero attached hydrogens (tertiary/aromatic N) is 2. The molecule has 1 N–H and O–H groups in total. The van der Waals surface area contributed by atoms with E-state index < -0.39 is 0 Å². The van der Waals surface area contributed by atoms with Gasteiger partial charge in [0.25, 0.3) is 0 Å². The largest absolute Gasteiger partial charge is 0.486 e. The standard InChI is InChI=1S/C21H29N3O3/c1-2-22-21(24-12-15-16(13-24)18-6-5-17(15)27-18)23-8-7-14-3-4-19-20(11-14)26-10-9-25-19/h3-4,11,15-18H,2,5-10,12-13H2,1H3,(H,22,23). The molecule has 0 amide bonds. The molecule has 4 aliphatic heterocycles. The van der Waals surface area contributed by atoms with E-state index in [0.717, 1.165) is 50.1 Å². The molecule has 4 aliphatic rings. The lowest BCUT2D eigenvalue weighted by atomic mass is 9.82. The lowest BCUT2D eigenvalue weighted by molar-refractivity contribution is 0.0767. The highest BCUT2D eigenvalue weighted by atomic mass is 16.6. The van der Waals surface area contributed by atoms with Crippen LogP contribution in [0.4, 0.5) is 0 Å². The molecule has 0 aromatic heterocycles. The van der Waals surface area contributed by atoms with Crippen molar-refractivity contribution in [2.45, 2.75) is 38.4 Å². The van der Waals surface area contributed by atoms with Gasteiger partial charge in [0.2, 0.25) is 0 Å². The number of guanidine groups is 1. The van der Waals surface area contributed by atoms with Crippen molar-refractivity contribution in [3.63, 3.8) is 0 Å². The topological polar surface area (TPSA) is 55.3 Å². The van der Waals surface area contributed by atoms with Crippen molar-refractivity contribution in [2.24, 2.45) is 16.8 Å². The molecule has 0 aliphatic carbocycles. The van der Waals surface area contributed by atoms with Crippen LogP contribution in [-0.2, 0) is 11.2 Å².